The Morgan fingerprint density at radius 1 is 1.29 bits per heavy atom. The van der Waals surface area contributed by atoms with Crippen molar-refractivity contribution in [1.82, 2.24) is 10.2 Å². The molecule has 0 aromatic heterocycles. The molecular weight excluding hydrogens is 447 g/mol. The van der Waals surface area contributed by atoms with Gasteiger partial charge in [-0.3, -0.25) is 9.59 Å². The molecule has 4 nitrogen and oxygen atoms in total. The highest BCUT2D eigenvalue weighted by molar-refractivity contribution is 14.1. The third-order valence-electron chi connectivity index (χ3n) is 2.85. The molecule has 0 aliphatic heterocycles. The Balaban J connectivity index is 2.86. The third-order valence-corrected chi connectivity index (χ3v) is 4.21. The van der Waals surface area contributed by atoms with Gasteiger partial charge in [0.05, 0.1) is 12.1 Å². The van der Waals surface area contributed by atoms with E-state index >= 15 is 0 Å². The van der Waals surface area contributed by atoms with E-state index in [2.05, 4.69) is 43.8 Å². The van der Waals surface area contributed by atoms with Crippen LogP contribution in [0.3, 0.4) is 0 Å². The molecule has 0 bridgehead atoms. The Hall–Kier alpha value is -0.630. The van der Waals surface area contributed by atoms with Crippen molar-refractivity contribution in [2.45, 2.75) is 26.7 Å². The highest BCUT2D eigenvalue weighted by Crippen LogP contribution is 2.21. The number of rotatable bonds is 7. The predicted octanol–water partition coefficient (Wildman–Crippen LogP) is 3.43. The molecule has 1 N–H and O–H groups in total. The molecule has 0 saturated carbocycles. The second-order valence-electron chi connectivity index (χ2n) is 4.70. The fourth-order valence-corrected chi connectivity index (χ4v) is 2.76. The molecule has 6 heteroatoms. The van der Waals surface area contributed by atoms with Gasteiger partial charge in [-0.25, -0.2) is 0 Å². The first-order valence-corrected chi connectivity index (χ1v) is 8.87. The molecule has 1 rings (SSSR count). The van der Waals surface area contributed by atoms with Crippen LogP contribution in [0.15, 0.2) is 22.7 Å². The summed E-state index contributed by atoms with van der Waals surface area (Å²) in [6.07, 6.45) is 1.70. The molecule has 0 fully saturated rings. The summed E-state index contributed by atoms with van der Waals surface area (Å²) in [4.78, 5) is 26.1. The fourth-order valence-electron chi connectivity index (χ4n) is 1.85. The number of benzene rings is 1. The van der Waals surface area contributed by atoms with Gasteiger partial charge in [-0.2, -0.15) is 0 Å². The summed E-state index contributed by atoms with van der Waals surface area (Å²) < 4.78 is 1.74. The molecule has 1 aromatic carbocycles. The van der Waals surface area contributed by atoms with Crippen LogP contribution in [0.5, 0.6) is 0 Å². The molecule has 0 radical (unpaired) electrons. The van der Waals surface area contributed by atoms with Gasteiger partial charge in [-0.05, 0) is 69.6 Å². The molecule has 116 valence electrons. The number of nitrogens with zero attached hydrogens (tertiary/aromatic N) is 1. The minimum absolute atomic E-state index is 0.102. The standard InChI is InChI=1S/C15H20BrIN2O2/c1-3-7-18-14(20)10-19(8-4-2)15(21)12-9-11(17)5-6-13(12)16/h5-6,9H,3-4,7-8,10H2,1-2H3,(H,18,20). The highest BCUT2D eigenvalue weighted by Gasteiger charge is 2.20. The van der Waals surface area contributed by atoms with Crippen molar-refractivity contribution < 1.29 is 9.59 Å². The van der Waals surface area contributed by atoms with Gasteiger partial charge in [0, 0.05) is 21.1 Å². The summed E-state index contributed by atoms with van der Waals surface area (Å²) in [5, 5.41) is 2.81. The van der Waals surface area contributed by atoms with E-state index in [-0.39, 0.29) is 18.4 Å². The largest absolute Gasteiger partial charge is 0.355 e. The van der Waals surface area contributed by atoms with Crippen molar-refractivity contribution in [2.24, 2.45) is 0 Å². The van der Waals surface area contributed by atoms with E-state index < -0.39 is 0 Å². The van der Waals surface area contributed by atoms with Crippen LogP contribution >= 0.6 is 38.5 Å². The van der Waals surface area contributed by atoms with Crippen LogP contribution in [0.4, 0.5) is 0 Å². The van der Waals surface area contributed by atoms with Gasteiger partial charge in [0.1, 0.15) is 0 Å². The second kappa shape index (κ2) is 9.40. The van der Waals surface area contributed by atoms with Crippen molar-refractivity contribution in [1.29, 1.82) is 0 Å². The highest BCUT2D eigenvalue weighted by atomic mass is 127. The van der Waals surface area contributed by atoms with Gasteiger partial charge in [0.15, 0.2) is 0 Å². The maximum atomic E-state index is 12.6. The Morgan fingerprint density at radius 2 is 2.00 bits per heavy atom. The molecule has 2 amide bonds. The lowest BCUT2D eigenvalue weighted by atomic mass is 10.2. The number of carbonyl (C=O) groups is 2. The Labute approximate surface area is 147 Å². The van der Waals surface area contributed by atoms with Crippen molar-refractivity contribution in [3.8, 4) is 0 Å². The molecule has 0 saturated heterocycles. The number of hydrogen-bond acceptors (Lipinski definition) is 2. The van der Waals surface area contributed by atoms with Gasteiger partial charge >= 0.3 is 0 Å². The molecule has 1 aromatic rings. The molecule has 0 unspecified atom stereocenters. The van der Waals surface area contributed by atoms with Crippen LogP contribution in [0.2, 0.25) is 0 Å². The van der Waals surface area contributed by atoms with E-state index in [1.54, 1.807) is 4.90 Å². The predicted molar refractivity (Wildman–Crippen MR) is 96.4 cm³/mol. The summed E-state index contributed by atoms with van der Waals surface area (Å²) in [7, 11) is 0. The minimum Gasteiger partial charge on any atom is -0.355 e. The average Bonchev–Trinajstić information content (AvgIpc) is 2.46. The van der Waals surface area contributed by atoms with Gasteiger partial charge in [0.2, 0.25) is 5.91 Å². The lowest BCUT2D eigenvalue weighted by molar-refractivity contribution is -0.121. The molecular formula is C15H20BrIN2O2. The summed E-state index contributed by atoms with van der Waals surface area (Å²) >= 11 is 5.58. The van der Waals surface area contributed by atoms with Gasteiger partial charge < -0.3 is 10.2 Å². The zero-order valence-electron chi connectivity index (χ0n) is 12.3. The molecule has 0 aliphatic rings. The number of halogens is 2. The van der Waals surface area contributed by atoms with Gasteiger partial charge in [-0.1, -0.05) is 13.8 Å². The SMILES string of the molecule is CCCNC(=O)CN(CCC)C(=O)c1cc(I)ccc1Br. The molecule has 0 aliphatic carbocycles. The van der Waals surface area contributed by atoms with Crippen molar-refractivity contribution in [3.05, 3.63) is 31.8 Å². The van der Waals surface area contributed by atoms with E-state index in [4.69, 9.17) is 0 Å². The topological polar surface area (TPSA) is 49.4 Å². The molecule has 0 spiro atoms. The van der Waals surface area contributed by atoms with E-state index in [0.29, 0.717) is 18.7 Å². The van der Waals surface area contributed by atoms with Crippen LogP contribution in [-0.4, -0.2) is 36.3 Å². The lowest BCUT2D eigenvalue weighted by Crippen LogP contribution is -2.41. The molecule has 21 heavy (non-hydrogen) atoms. The van der Waals surface area contributed by atoms with Crippen LogP contribution < -0.4 is 5.32 Å². The van der Waals surface area contributed by atoms with Crippen LogP contribution in [0.25, 0.3) is 0 Å². The zero-order valence-corrected chi connectivity index (χ0v) is 16.0. The van der Waals surface area contributed by atoms with Crippen molar-refractivity contribution in [2.75, 3.05) is 19.6 Å². The zero-order chi connectivity index (χ0) is 15.8. The van der Waals surface area contributed by atoms with Crippen LogP contribution in [-0.2, 0) is 4.79 Å². The normalized spacial score (nSPS) is 10.3. The average molecular weight is 467 g/mol. The fraction of sp³-hybridized carbons (Fsp3) is 0.467. The van der Waals surface area contributed by atoms with Gasteiger partial charge in [0.25, 0.3) is 5.91 Å². The number of carbonyl (C=O) groups excluding carboxylic acids is 2. The first-order valence-electron chi connectivity index (χ1n) is 7.00. The Morgan fingerprint density at radius 3 is 2.62 bits per heavy atom. The molecule has 0 heterocycles. The lowest BCUT2D eigenvalue weighted by Gasteiger charge is -2.22. The quantitative estimate of drug-likeness (QED) is 0.626. The number of hydrogen-bond donors (Lipinski definition) is 1. The van der Waals surface area contributed by atoms with Crippen LogP contribution in [0.1, 0.15) is 37.0 Å². The third kappa shape index (κ3) is 5.94. The Bertz CT molecular complexity index is 508. The van der Waals surface area contributed by atoms with E-state index in [0.717, 1.165) is 20.9 Å². The Kier molecular flexibility index (Phi) is 8.24. The van der Waals surface area contributed by atoms with E-state index in [1.807, 2.05) is 32.0 Å². The molecule has 0 atom stereocenters. The first kappa shape index (κ1) is 18.4. The van der Waals surface area contributed by atoms with Crippen molar-refractivity contribution >= 4 is 50.3 Å². The minimum atomic E-state index is -0.117. The first-order chi connectivity index (χ1) is 9.99. The maximum Gasteiger partial charge on any atom is 0.255 e. The second-order valence-corrected chi connectivity index (χ2v) is 6.80. The smallest absolute Gasteiger partial charge is 0.255 e. The summed E-state index contributed by atoms with van der Waals surface area (Å²) in [5.74, 6) is -0.228. The monoisotopic (exact) mass is 466 g/mol. The summed E-state index contributed by atoms with van der Waals surface area (Å²) in [6.45, 7) is 5.30. The van der Waals surface area contributed by atoms with Crippen LogP contribution in [0, 0.1) is 3.57 Å². The summed E-state index contributed by atoms with van der Waals surface area (Å²) in [5.41, 5.74) is 0.596. The number of amides is 2. The number of nitrogens with one attached hydrogen (secondary N) is 1. The van der Waals surface area contributed by atoms with E-state index in [9.17, 15) is 9.59 Å². The van der Waals surface area contributed by atoms with Gasteiger partial charge in [-0.15, -0.1) is 0 Å². The van der Waals surface area contributed by atoms with E-state index in [1.165, 1.54) is 0 Å². The van der Waals surface area contributed by atoms with Crippen molar-refractivity contribution in [3.63, 3.8) is 0 Å². The maximum absolute atomic E-state index is 12.6. The summed E-state index contributed by atoms with van der Waals surface area (Å²) in [6, 6.07) is 5.62.